The van der Waals surface area contributed by atoms with Crippen LogP contribution in [-0.2, 0) is 16.0 Å². The van der Waals surface area contributed by atoms with Crippen LogP contribution in [0.4, 0.5) is 5.69 Å². The van der Waals surface area contributed by atoms with Crippen LogP contribution in [0.2, 0.25) is 0 Å². The van der Waals surface area contributed by atoms with Gasteiger partial charge in [0.1, 0.15) is 5.41 Å². The van der Waals surface area contributed by atoms with E-state index in [-0.39, 0.29) is 17.7 Å². The number of carbonyl (C=O) groups excluding carboxylic acids is 2. The molecule has 142 valence electrons. The standard InChI is InChI=1S/C22H27N3O2/c23-16-22(11-4-1-5-12-22)21(27)24-13-8-18(9-14-24)20(26)25-15-10-17-6-2-3-7-19(17)25/h2-3,6-7,18H,1,4-5,8-15H2. The van der Waals surface area contributed by atoms with Crippen molar-refractivity contribution >= 4 is 17.5 Å². The van der Waals surface area contributed by atoms with E-state index in [0.29, 0.717) is 38.8 Å². The van der Waals surface area contributed by atoms with Crippen LogP contribution in [-0.4, -0.2) is 36.3 Å². The van der Waals surface area contributed by atoms with Crippen molar-refractivity contribution in [2.75, 3.05) is 24.5 Å². The fourth-order valence-electron chi connectivity index (χ4n) is 4.95. The summed E-state index contributed by atoms with van der Waals surface area (Å²) in [5, 5.41) is 9.66. The van der Waals surface area contributed by atoms with E-state index < -0.39 is 5.41 Å². The second kappa shape index (κ2) is 7.34. The van der Waals surface area contributed by atoms with Gasteiger partial charge in [-0.05, 0) is 43.7 Å². The van der Waals surface area contributed by atoms with Crippen LogP contribution in [0.3, 0.4) is 0 Å². The Balaban J connectivity index is 1.39. The van der Waals surface area contributed by atoms with Crippen molar-refractivity contribution in [2.45, 2.75) is 51.4 Å². The lowest BCUT2D eigenvalue weighted by Crippen LogP contribution is -2.49. The first-order chi connectivity index (χ1) is 13.1. The number of fused-ring (bicyclic) bond motifs is 1. The molecule has 0 atom stereocenters. The molecule has 5 nitrogen and oxygen atoms in total. The Hall–Kier alpha value is -2.35. The molecular formula is C22H27N3O2. The molecule has 2 aliphatic heterocycles. The predicted molar refractivity (Wildman–Crippen MR) is 103 cm³/mol. The fourth-order valence-corrected chi connectivity index (χ4v) is 4.95. The van der Waals surface area contributed by atoms with Gasteiger partial charge in [0, 0.05) is 31.2 Å². The zero-order valence-electron chi connectivity index (χ0n) is 15.8. The minimum atomic E-state index is -0.816. The molecule has 0 aromatic heterocycles. The number of likely N-dealkylation sites (tertiary alicyclic amines) is 1. The Morgan fingerprint density at radius 1 is 1.04 bits per heavy atom. The van der Waals surface area contributed by atoms with E-state index in [0.717, 1.165) is 37.9 Å². The molecule has 1 saturated carbocycles. The van der Waals surface area contributed by atoms with E-state index in [9.17, 15) is 14.9 Å². The van der Waals surface area contributed by atoms with Gasteiger partial charge in [0.25, 0.3) is 0 Å². The summed E-state index contributed by atoms with van der Waals surface area (Å²) in [7, 11) is 0. The maximum Gasteiger partial charge on any atom is 0.243 e. The topological polar surface area (TPSA) is 64.4 Å². The summed E-state index contributed by atoms with van der Waals surface area (Å²) in [6.07, 6.45) is 6.73. The average Bonchev–Trinajstić information content (AvgIpc) is 3.17. The van der Waals surface area contributed by atoms with Gasteiger partial charge in [-0.15, -0.1) is 0 Å². The molecule has 2 heterocycles. The Bertz CT molecular complexity index is 768. The normalized spacial score (nSPS) is 22.2. The summed E-state index contributed by atoms with van der Waals surface area (Å²) in [6, 6.07) is 10.5. The molecule has 0 radical (unpaired) electrons. The minimum absolute atomic E-state index is 0.00196. The van der Waals surface area contributed by atoms with Gasteiger partial charge in [0.2, 0.25) is 11.8 Å². The quantitative estimate of drug-likeness (QED) is 0.808. The lowest BCUT2D eigenvalue weighted by Gasteiger charge is -2.38. The van der Waals surface area contributed by atoms with Gasteiger partial charge in [-0.3, -0.25) is 9.59 Å². The second-order valence-corrected chi connectivity index (χ2v) is 8.19. The summed E-state index contributed by atoms with van der Waals surface area (Å²) in [4.78, 5) is 29.8. The molecule has 0 bridgehead atoms. The summed E-state index contributed by atoms with van der Waals surface area (Å²) < 4.78 is 0. The summed E-state index contributed by atoms with van der Waals surface area (Å²) in [5.74, 6) is 0.173. The number of hydrogen-bond acceptors (Lipinski definition) is 3. The lowest BCUT2D eigenvalue weighted by molar-refractivity contribution is -0.143. The molecule has 2 amide bonds. The van der Waals surface area contributed by atoms with E-state index in [1.165, 1.54) is 5.56 Å². The maximum atomic E-state index is 13.0. The van der Waals surface area contributed by atoms with Crippen LogP contribution in [0, 0.1) is 22.7 Å². The van der Waals surface area contributed by atoms with Crippen molar-refractivity contribution in [3.8, 4) is 6.07 Å². The van der Waals surface area contributed by atoms with Gasteiger partial charge < -0.3 is 9.80 Å². The fraction of sp³-hybridized carbons (Fsp3) is 0.591. The van der Waals surface area contributed by atoms with Crippen molar-refractivity contribution in [3.63, 3.8) is 0 Å². The van der Waals surface area contributed by atoms with E-state index in [1.54, 1.807) is 0 Å². The van der Waals surface area contributed by atoms with Crippen LogP contribution in [0.1, 0.15) is 50.5 Å². The third-order valence-corrected chi connectivity index (χ3v) is 6.62. The highest BCUT2D eigenvalue weighted by Crippen LogP contribution is 2.38. The summed E-state index contributed by atoms with van der Waals surface area (Å²) >= 11 is 0. The number of piperidine rings is 1. The zero-order valence-corrected chi connectivity index (χ0v) is 15.8. The molecule has 1 saturated heterocycles. The first-order valence-electron chi connectivity index (χ1n) is 10.2. The number of nitrogens with zero attached hydrogens (tertiary/aromatic N) is 3. The van der Waals surface area contributed by atoms with E-state index in [4.69, 9.17) is 0 Å². The highest BCUT2D eigenvalue weighted by atomic mass is 16.2. The molecule has 1 aromatic rings. The van der Waals surface area contributed by atoms with Crippen LogP contribution < -0.4 is 4.90 Å². The minimum Gasteiger partial charge on any atom is -0.341 e. The van der Waals surface area contributed by atoms with E-state index >= 15 is 0 Å². The average molecular weight is 365 g/mol. The zero-order chi connectivity index (χ0) is 18.9. The lowest BCUT2D eigenvalue weighted by atomic mass is 9.74. The van der Waals surface area contributed by atoms with Gasteiger partial charge in [-0.1, -0.05) is 37.5 Å². The summed E-state index contributed by atoms with van der Waals surface area (Å²) in [6.45, 7) is 1.94. The van der Waals surface area contributed by atoms with E-state index in [1.807, 2.05) is 28.0 Å². The molecule has 0 unspecified atom stereocenters. The van der Waals surface area contributed by atoms with Crippen LogP contribution in [0.5, 0.6) is 0 Å². The number of rotatable bonds is 2. The third-order valence-electron chi connectivity index (χ3n) is 6.62. The van der Waals surface area contributed by atoms with Gasteiger partial charge in [0.15, 0.2) is 0 Å². The van der Waals surface area contributed by atoms with Crippen LogP contribution in [0.15, 0.2) is 24.3 Å². The number of carbonyl (C=O) groups is 2. The molecule has 3 aliphatic rings. The molecule has 1 aromatic carbocycles. The van der Waals surface area contributed by atoms with E-state index in [2.05, 4.69) is 12.1 Å². The Morgan fingerprint density at radius 2 is 1.74 bits per heavy atom. The largest absolute Gasteiger partial charge is 0.341 e. The maximum absolute atomic E-state index is 13.0. The highest BCUT2D eigenvalue weighted by molar-refractivity contribution is 5.97. The number of benzene rings is 1. The molecule has 2 fully saturated rings. The van der Waals surface area contributed by atoms with Gasteiger partial charge in [-0.2, -0.15) is 5.26 Å². The molecule has 4 rings (SSSR count). The van der Waals surface area contributed by atoms with Gasteiger partial charge >= 0.3 is 0 Å². The number of para-hydroxylation sites is 1. The number of nitriles is 1. The smallest absolute Gasteiger partial charge is 0.243 e. The predicted octanol–water partition coefficient (Wildman–Crippen LogP) is 3.29. The third kappa shape index (κ3) is 3.22. The molecule has 27 heavy (non-hydrogen) atoms. The molecule has 5 heteroatoms. The van der Waals surface area contributed by atoms with Crippen molar-refractivity contribution in [2.24, 2.45) is 11.3 Å². The van der Waals surface area contributed by atoms with Crippen molar-refractivity contribution < 1.29 is 9.59 Å². The first kappa shape index (κ1) is 18.0. The SMILES string of the molecule is N#CC1(C(=O)N2CCC(C(=O)N3CCc4ccccc43)CC2)CCCCC1. The Labute approximate surface area is 160 Å². The number of hydrogen-bond donors (Lipinski definition) is 0. The summed E-state index contributed by atoms with van der Waals surface area (Å²) in [5.41, 5.74) is 1.47. The van der Waals surface area contributed by atoms with Crippen molar-refractivity contribution in [1.82, 2.24) is 4.90 Å². The highest BCUT2D eigenvalue weighted by Gasteiger charge is 2.44. The van der Waals surface area contributed by atoms with Gasteiger partial charge in [-0.25, -0.2) is 0 Å². The first-order valence-corrected chi connectivity index (χ1v) is 10.2. The second-order valence-electron chi connectivity index (χ2n) is 8.19. The molecule has 0 N–H and O–H groups in total. The Kier molecular flexibility index (Phi) is 4.90. The van der Waals surface area contributed by atoms with Gasteiger partial charge in [0.05, 0.1) is 6.07 Å². The van der Waals surface area contributed by atoms with Crippen molar-refractivity contribution in [1.29, 1.82) is 5.26 Å². The van der Waals surface area contributed by atoms with Crippen molar-refractivity contribution in [3.05, 3.63) is 29.8 Å². The van der Waals surface area contributed by atoms with Crippen LogP contribution in [0.25, 0.3) is 0 Å². The molecular weight excluding hydrogens is 338 g/mol. The number of amides is 2. The molecule has 0 spiro atoms. The Morgan fingerprint density at radius 3 is 2.44 bits per heavy atom. The monoisotopic (exact) mass is 365 g/mol. The number of anilines is 1. The molecule has 1 aliphatic carbocycles. The van der Waals surface area contributed by atoms with Crippen LogP contribution >= 0.6 is 0 Å².